The number of piperazine rings is 1. The molecule has 1 N–H and O–H groups in total. The molecule has 7 nitrogen and oxygen atoms in total. The number of hydrogen-bond acceptors (Lipinski definition) is 4. The van der Waals surface area contributed by atoms with E-state index in [0.717, 1.165) is 12.1 Å². The summed E-state index contributed by atoms with van der Waals surface area (Å²) in [6.45, 7) is 9.72. The molecule has 0 aliphatic carbocycles. The maximum Gasteiger partial charge on any atom is 0.416 e. The average molecular weight is 451 g/mol. The molecule has 174 valence electrons. The zero-order valence-electron chi connectivity index (χ0n) is 18.7. The predicted molar refractivity (Wildman–Crippen MR) is 114 cm³/mol. The van der Waals surface area contributed by atoms with Crippen molar-refractivity contribution in [2.45, 2.75) is 39.4 Å². The van der Waals surface area contributed by atoms with Gasteiger partial charge in [0.15, 0.2) is 0 Å². The van der Waals surface area contributed by atoms with Gasteiger partial charge in [0.2, 0.25) is 5.91 Å². The highest BCUT2D eigenvalue weighted by Gasteiger charge is 2.31. The summed E-state index contributed by atoms with van der Waals surface area (Å²) in [5.74, 6) is -0.282. The Kier molecular flexibility index (Phi) is 6.64. The van der Waals surface area contributed by atoms with Crippen molar-refractivity contribution in [3.05, 3.63) is 47.3 Å². The molecule has 1 aliphatic heterocycles. The molecule has 0 radical (unpaired) electrons. The minimum atomic E-state index is -4.46. The lowest BCUT2D eigenvalue weighted by Crippen LogP contribution is -2.52. The lowest BCUT2D eigenvalue weighted by atomic mass is 10.1. The number of halogens is 3. The van der Waals surface area contributed by atoms with Gasteiger partial charge in [0.05, 0.1) is 35.2 Å². The van der Waals surface area contributed by atoms with Gasteiger partial charge in [0, 0.05) is 31.7 Å². The topological polar surface area (TPSA) is 70.5 Å². The molecule has 2 aromatic rings. The Balaban J connectivity index is 1.65. The molecule has 32 heavy (non-hydrogen) atoms. The number of benzene rings is 1. The van der Waals surface area contributed by atoms with Gasteiger partial charge in [0.25, 0.3) is 5.91 Å². The van der Waals surface area contributed by atoms with Gasteiger partial charge in [0.1, 0.15) is 0 Å². The van der Waals surface area contributed by atoms with Crippen LogP contribution in [0.4, 0.5) is 13.2 Å². The second-order valence-corrected chi connectivity index (χ2v) is 8.97. The second kappa shape index (κ2) is 8.93. The molecular formula is C22H28F3N5O2. The van der Waals surface area contributed by atoms with Crippen molar-refractivity contribution in [2.75, 3.05) is 32.7 Å². The largest absolute Gasteiger partial charge is 0.416 e. The van der Waals surface area contributed by atoms with Crippen molar-refractivity contribution >= 4 is 11.8 Å². The number of aromatic nitrogens is 2. The van der Waals surface area contributed by atoms with Crippen molar-refractivity contribution in [2.24, 2.45) is 0 Å². The first kappa shape index (κ1) is 23.8. The number of hydrogen-bond donors (Lipinski definition) is 1. The molecule has 0 saturated carbocycles. The first-order chi connectivity index (χ1) is 14.8. The molecule has 1 saturated heterocycles. The molecule has 10 heteroatoms. The van der Waals surface area contributed by atoms with Gasteiger partial charge >= 0.3 is 6.18 Å². The summed E-state index contributed by atoms with van der Waals surface area (Å²) >= 11 is 0. The van der Waals surface area contributed by atoms with Crippen LogP contribution in [0.15, 0.2) is 30.5 Å². The quantitative estimate of drug-likeness (QED) is 0.776. The number of nitrogens with zero attached hydrogens (tertiary/aromatic N) is 4. The molecule has 0 spiro atoms. The molecule has 1 aliphatic rings. The summed E-state index contributed by atoms with van der Waals surface area (Å²) in [5, 5.41) is 7.07. The van der Waals surface area contributed by atoms with E-state index < -0.39 is 11.7 Å². The van der Waals surface area contributed by atoms with Crippen LogP contribution < -0.4 is 5.32 Å². The van der Waals surface area contributed by atoms with Crippen molar-refractivity contribution in [1.29, 1.82) is 0 Å². The average Bonchev–Trinajstić information content (AvgIpc) is 3.07. The second-order valence-electron chi connectivity index (χ2n) is 8.97. The normalized spacial score (nSPS) is 15.7. The zero-order chi connectivity index (χ0) is 23.7. The van der Waals surface area contributed by atoms with Gasteiger partial charge in [-0.25, -0.2) is 4.68 Å². The van der Waals surface area contributed by atoms with Crippen LogP contribution in [0.2, 0.25) is 0 Å². The Labute approximate surface area is 185 Å². The standard InChI is InChI=1S/C22H28F3N5O2/c1-15-18(13-26-30(15)17-7-5-6-16(12-17)22(23,24)25)20(32)29-10-8-28(9-11-29)14-19(31)27-21(2,3)4/h5-7,12-13H,8-11,14H2,1-4H3,(H,27,31). The van der Waals surface area contributed by atoms with E-state index >= 15 is 0 Å². The maximum atomic E-state index is 13.0. The monoisotopic (exact) mass is 451 g/mol. The lowest BCUT2D eigenvalue weighted by molar-refractivity contribution is -0.137. The van der Waals surface area contributed by atoms with Gasteiger partial charge < -0.3 is 10.2 Å². The smallest absolute Gasteiger partial charge is 0.350 e. The summed E-state index contributed by atoms with van der Waals surface area (Å²) in [5.41, 5.74) is -0.00953. The maximum absolute atomic E-state index is 13.0. The third-order valence-electron chi connectivity index (χ3n) is 5.20. The molecule has 3 rings (SSSR count). The van der Waals surface area contributed by atoms with E-state index in [1.54, 1.807) is 11.8 Å². The number of carbonyl (C=O) groups excluding carboxylic acids is 2. The zero-order valence-corrected chi connectivity index (χ0v) is 18.7. The third-order valence-corrected chi connectivity index (χ3v) is 5.20. The van der Waals surface area contributed by atoms with E-state index in [1.807, 2.05) is 25.7 Å². The van der Waals surface area contributed by atoms with Crippen LogP contribution in [0, 0.1) is 6.92 Å². The van der Waals surface area contributed by atoms with E-state index in [4.69, 9.17) is 0 Å². The van der Waals surface area contributed by atoms with Gasteiger partial charge in [-0.05, 0) is 45.9 Å². The number of nitrogens with one attached hydrogen (secondary N) is 1. The van der Waals surface area contributed by atoms with Gasteiger partial charge in [-0.3, -0.25) is 14.5 Å². The van der Waals surface area contributed by atoms with Crippen LogP contribution >= 0.6 is 0 Å². The van der Waals surface area contributed by atoms with E-state index in [9.17, 15) is 22.8 Å². The molecule has 1 fully saturated rings. The van der Waals surface area contributed by atoms with E-state index in [1.165, 1.54) is 23.0 Å². The fraction of sp³-hybridized carbons (Fsp3) is 0.500. The minimum absolute atomic E-state index is 0.0597. The van der Waals surface area contributed by atoms with Crippen molar-refractivity contribution in [3.63, 3.8) is 0 Å². The van der Waals surface area contributed by atoms with E-state index in [2.05, 4.69) is 10.4 Å². The number of rotatable bonds is 4. The summed E-state index contributed by atoms with van der Waals surface area (Å²) in [4.78, 5) is 28.8. The van der Waals surface area contributed by atoms with E-state index in [0.29, 0.717) is 37.4 Å². The van der Waals surface area contributed by atoms with Gasteiger partial charge in [-0.1, -0.05) is 6.07 Å². The van der Waals surface area contributed by atoms with Crippen LogP contribution in [-0.4, -0.2) is 69.7 Å². The van der Waals surface area contributed by atoms with Gasteiger partial charge in [-0.2, -0.15) is 18.3 Å². The summed E-state index contributed by atoms with van der Waals surface area (Å²) in [6, 6.07) is 4.84. The minimum Gasteiger partial charge on any atom is -0.350 e. The lowest BCUT2D eigenvalue weighted by Gasteiger charge is -2.34. The highest BCUT2D eigenvalue weighted by molar-refractivity contribution is 5.95. The Morgan fingerprint density at radius 1 is 1.09 bits per heavy atom. The Morgan fingerprint density at radius 2 is 1.75 bits per heavy atom. The predicted octanol–water partition coefficient (Wildman–Crippen LogP) is 2.87. The number of alkyl halides is 3. The van der Waals surface area contributed by atoms with Crippen molar-refractivity contribution in [1.82, 2.24) is 24.9 Å². The molecule has 1 aromatic carbocycles. The van der Waals surface area contributed by atoms with Crippen LogP contribution in [0.3, 0.4) is 0 Å². The highest BCUT2D eigenvalue weighted by atomic mass is 19.4. The van der Waals surface area contributed by atoms with Crippen LogP contribution in [0.1, 0.15) is 42.4 Å². The Bertz CT molecular complexity index is 986. The number of amides is 2. The summed E-state index contributed by atoms with van der Waals surface area (Å²) in [7, 11) is 0. The summed E-state index contributed by atoms with van der Waals surface area (Å²) < 4.78 is 40.4. The fourth-order valence-corrected chi connectivity index (χ4v) is 3.63. The first-order valence-electron chi connectivity index (χ1n) is 10.4. The molecule has 2 heterocycles. The summed E-state index contributed by atoms with van der Waals surface area (Å²) in [6.07, 6.45) is -3.07. The molecular weight excluding hydrogens is 423 g/mol. The number of carbonyl (C=O) groups is 2. The Morgan fingerprint density at radius 3 is 2.34 bits per heavy atom. The molecule has 0 bridgehead atoms. The molecule has 1 aromatic heterocycles. The molecule has 0 atom stereocenters. The van der Waals surface area contributed by atoms with Crippen LogP contribution in [0.5, 0.6) is 0 Å². The van der Waals surface area contributed by atoms with Crippen molar-refractivity contribution in [3.8, 4) is 5.69 Å². The van der Waals surface area contributed by atoms with Crippen LogP contribution in [0.25, 0.3) is 5.69 Å². The SMILES string of the molecule is Cc1c(C(=O)N2CCN(CC(=O)NC(C)(C)C)CC2)cnn1-c1cccc(C(F)(F)F)c1. The van der Waals surface area contributed by atoms with E-state index in [-0.39, 0.29) is 29.6 Å². The Hall–Kier alpha value is -2.88. The molecule has 0 unspecified atom stereocenters. The molecule has 2 amide bonds. The first-order valence-corrected chi connectivity index (χ1v) is 10.4. The highest BCUT2D eigenvalue weighted by Crippen LogP contribution is 2.30. The third kappa shape index (κ3) is 5.67. The fourth-order valence-electron chi connectivity index (χ4n) is 3.63. The van der Waals surface area contributed by atoms with Gasteiger partial charge in [-0.15, -0.1) is 0 Å². The van der Waals surface area contributed by atoms with Crippen LogP contribution in [-0.2, 0) is 11.0 Å². The van der Waals surface area contributed by atoms with Crippen molar-refractivity contribution < 1.29 is 22.8 Å².